The Hall–Kier alpha value is -1.17. The Morgan fingerprint density at radius 2 is 1.96 bits per heavy atom. The van der Waals surface area contributed by atoms with E-state index in [1.165, 1.54) is 15.8 Å². The Kier molecular flexibility index (Phi) is 5.89. The average molecular weight is 369 g/mol. The van der Waals surface area contributed by atoms with Gasteiger partial charge in [-0.25, -0.2) is 13.1 Å². The molecule has 2 heterocycles. The molecular formula is C13H22F3N5O2S. The van der Waals surface area contributed by atoms with Gasteiger partial charge in [0.2, 0.25) is 10.0 Å². The topological polar surface area (TPSA) is 79.3 Å². The summed E-state index contributed by atoms with van der Waals surface area (Å²) in [6.07, 6.45) is -2.07. The van der Waals surface area contributed by atoms with Crippen molar-refractivity contribution in [3.63, 3.8) is 0 Å². The SMILES string of the molecule is CC(C)n1cc(S(=O)(=O)NCC(N2CCNCC2)C(F)(F)F)cn1. The first-order valence-corrected chi connectivity index (χ1v) is 9.15. The van der Waals surface area contributed by atoms with Crippen molar-refractivity contribution in [2.45, 2.75) is 37.0 Å². The normalized spacial score (nSPS) is 18.9. The lowest BCUT2D eigenvalue weighted by Gasteiger charge is -2.35. The zero-order valence-electron chi connectivity index (χ0n) is 13.5. The molecule has 0 bridgehead atoms. The second kappa shape index (κ2) is 7.38. The summed E-state index contributed by atoms with van der Waals surface area (Å²) in [6.45, 7) is 4.25. The number of aromatic nitrogens is 2. The van der Waals surface area contributed by atoms with E-state index >= 15 is 0 Å². The summed E-state index contributed by atoms with van der Waals surface area (Å²) < 4.78 is 67.8. The standard InChI is InChI=1S/C13H22F3N5O2S/c1-10(2)21-9-11(7-18-21)24(22,23)19-8-12(13(14,15)16)20-5-3-17-4-6-20/h7,9-10,12,17,19H,3-6,8H2,1-2H3. The first-order valence-electron chi connectivity index (χ1n) is 7.66. The quantitative estimate of drug-likeness (QED) is 0.767. The highest BCUT2D eigenvalue weighted by molar-refractivity contribution is 7.89. The van der Waals surface area contributed by atoms with E-state index in [1.54, 1.807) is 0 Å². The predicted molar refractivity (Wildman–Crippen MR) is 82.1 cm³/mol. The van der Waals surface area contributed by atoms with Crippen LogP contribution in [-0.2, 0) is 10.0 Å². The highest BCUT2D eigenvalue weighted by Gasteiger charge is 2.44. The lowest BCUT2D eigenvalue weighted by Crippen LogP contribution is -2.57. The number of rotatable bonds is 6. The zero-order valence-corrected chi connectivity index (χ0v) is 14.4. The smallest absolute Gasteiger partial charge is 0.314 e. The molecule has 1 aromatic rings. The van der Waals surface area contributed by atoms with Crippen molar-refractivity contribution in [1.29, 1.82) is 0 Å². The van der Waals surface area contributed by atoms with E-state index in [2.05, 4.69) is 15.1 Å². The van der Waals surface area contributed by atoms with Gasteiger partial charge in [-0.3, -0.25) is 9.58 Å². The first kappa shape index (κ1) is 19.2. The average Bonchev–Trinajstić information content (AvgIpc) is 2.98. The minimum Gasteiger partial charge on any atom is -0.314 e. The van der Waals surface area contributed by atoms with E-state index in [4.69, 9.17) is 0 Å². The number of alkyl halides is 3. The molecule has 1 aromatic heterocycles. The summed E-state index contributed by atoms with van der Waals surface area (Å²) >= 11 is 0. The predicted octanol–water partition coefficient (Wildman–Crippen LogP) is 0.578. The van der Waals surface area contributed by atoms with Gasteiger partial charge >= 0.3 is 6.18 Å². The zero-order chi connectivity index (χ0) is 18.0. The Morgan fingerprint density at radius 1 is 1.33 bits per heavy atom. The van der Waals surface area contributed by atoms with Crippen molar-refractivity contribution < 1.29 is 21.6 Å². The summed E-state index contributed by atoms with van der Waals surface area (Å²) in [6, 6.07) is -1.90. The fraction of sp³-hybridized carbons (Fsp3) is 0.769. The van der Waals surface area contributed by atoms with E-state index in [1.807, 2.05) is 13.8 Å². The molecule has 0 saturated carbocycles. The van der Waals surface area contributed by atoms with Crippen LogP contribution in [0.3, 0.4) is 0 Å². The lowest BCUT2D eigenvalue weighted by atomic mass is 10.2. The Morgan fingerprint density at radius 3 is 2.46 bits per heavy atom. The van der Waals surface area contributed by atoms with Crippen LogP contribution < -0.4 is 10.0 Å². The van der Waals surface area contributed by atoms with E-state index in [0.717, 1.165) is 6.20 Å². The van der Waals surface area contributed by atoms with Crippen LogP contribution in [0.15, 0.2) is 17.3 Å². The van der Waals surface area contributed by atoms with E-state index in [-0.39, 0.29) is 24.0 Å². The van der Waals surface area contributed by atoms with Crippen LogP contribution in [0, 0.1) is 0 Å². The molecule has 0 spiro atoms. The molecule has 2 N–H and O–H groups in total. The molecule has 0 radical (unpaired) electrons. The van der Waals surface area contributed by atoms with E-state index in [9.17, 15) is 21.6 Å². The maximum atomic E-state index is 13.3. The Labute approximate surface area is 139 Å². The van der Waals surface area contributed by atoms with Crippen LogP contribution in [0.1, 0.15) is 19.9 Å². The molecule has 11 heteroatoms. The molecule has 7 nitrogen and oxygen atoms in total. The van der Waals surface area contributed by atoms with Gasteiger partial charge in [0.25, 0.3) is 0 Å². The number of hydrogen-bond donors (Lipinski definition) is 2. The van der Waals surface area contributed by atoms with Gasteiger partial charge in [0.15, 0.2) is 0 Å². The van der Waals surface area contributed by atoms with Crippen LogP contribution in [0.5, 0.6) is 0 Å². The third-order valence-electron chi connectivity index (χ3n) is 3.85. The number of nitrogens with one attached hydrogen (secondary N) is 2. The monoisotopic (exact) mass is 369 g/mol. The Balaban J connectivity index is 2.09. The van der Waals surface area contributed by atoms with Gasteiger partial charge in [0.05, 0.1) is 6.20 Å². The minimum absolute atomic E-state index is 0.0438. The molecular weight excluding hydrogens is 347 g/mol. The van der Waals surface area contributed by atoms with Crippen molar-refractivity contribution >= 4 is 10.0 Å². The highest BCUT2D eigenvalue weighted by Crippen LogP contribution is 2.25. The van der Waals surface area contributed by atoms with Gasteiger partial charge in [0, 0.05) is 45.0 Å². The molecule has 0 aromatic carbocycles. The molecule has 1 atom stereocenters. The van der Waals surface area contributed by atoms with Gasteiger partial charge in [-0.1, -0.05) is 0 Å². The minimum atomic E-state index is -4.51. The number of sulfonamides is 1. The first-order chi connectivity index (χ1) is 11.1. The molecule has 1 saturated heterocycles. The maximum Gasteiger partial charge on any atom is 0.405 e. The van der Waals surface area contributed by atoms with Crippen molar-refractivity contribution in [2.75, 3.05) is 32.7 Å². The maximum absolute atomic E-state index is 13.3. The van der Waals surface area contributed by atoms with E-state index < -0.39 is 28.8 Å². The highest BCUT2D eigenvalue weighted by atomic mass is 32.2. The molecule has 24 heavy (non-hydrogen) atoms. The third kappa shape index (κ3) is 4.68. The lowest BCUT2D eigenvalue weighted by molar-refractivity contribution is -0.182. The second-order valence-corrected chi connectivity index (χ2v) is 7.71. The number of nitrogens with zero attached hydrogens (tertiary/aromatic N) is 3. The molecule has 138 valence electrons. The van der Waals surface area contributed by atoms with Crippen molar-refractivity contribution in [1.82, 2.24) is 24.7 Å². The molecule has 1 unspecified atom stereocenters. The van der Waals surface area contributed by atoms with Gasteiger partial charge < -0.3 is 5.32 Å². The summed E-state index contributed by atoms with van der Waals surface area (Å²) in [5.41, 5.74) is 0. The summed E-state index contributed by atoms with van der Waals surface area (Å²) in [5, 5.41) is 6.88. The van der Waals surface area contributed by atoms with Crippen LogP contribution in [0.25, 0.3) is 0 Å². The summed E-state index contributed by atoms with van der Waals surface area (Å²) in [7, 11) is -4.04. The third-order valence-corrected chi connectivity index (χ3v) is 5.23. The molecule has 0 amide bonds. The van der Waals surface area contributed by atoms with Gasteiger partial charge in [0.1, 0.15) is 10.9 Å². The molecule has 1 aliphatic rings. The molecule has 1 fully saturated rings. The fourth-order valence-electron chi connectivity index (χ4n) is 2.46. The Bertz CT molecular complexity index is 638. The largest absolute Gasteiger partial charge is 0.405 e. The number of hydrogen-bond acceptors (Lipinski definition) is 5. The summed E-state index contributed by atoms with van der Waals surface area (Å²) in [4.78, 5) is 1.11. The molecule has 1 aliphatic heterocycles. The van der Waals surface area contributed by atoms with Crippen LogP contribution in [-0.4, -0.2) is 68.0 Å². The van der Waals surface area contributed by atoms with Crippen LogP contribution >= 0.6 is 0 Å². The van der Waals surface area contributed by atoms with Gasteiger partial charge in [-0.15, -0.1) is 0 Å². The van der Waals surface area contributed by atoms with Gasteiger partial charge in [-0.05, 0) is 13.8 Å². The van der Waals surface area contributed by atoms with Crippen LogP contribution in [0.4, 0.5) is 13.2 Å². The van der Waals surface area contributed by atoms with Crippen molar-refractivity contribution in [3.05, 3.63) is 12.4 Å². The van der Waals surface area contributed by atoms with E-state index in [0.29, 0.717) is 13.1 Å². The van der Waals surface area contributed by atoms with Crippen molar-refractivity contribution in [3.8, 4) is 0 Å². The fourth-order valence-corrected chi connectivity index (χ4v) is 3.44. The van der Waals surface area contributed by atoms with Gasteiger partial charge in [-0.2, -0.15) is 18.3 Å². The second-order valence-electron chi connectivity index (χ2n) is 5.95. The number of piperazine rings is 1. The molecule has 2 rings (SSSR count). The number of halogens is 3. The molecule has 0 aliphatic carbocycles. The van der Waals surface area contributed by atoms with Crippen molar-refractivity contribution in [2.24, 2.45) is 0 Å². The summed E-state index contributed by atoms with van der Waals surface area (Å²) in [5.74, 6) is 0. The van der Waals surface area contributed by atoms with Crippen LogP contribution in [0.2, 0.25) is 0 Å².